The van der Waals surface area contributed by atoms with E-state index < -0.39 is 0 Å². The molecule has 2 rings (SSSR count). The number of nitrogens with two attached hydrogens (primary N) is 1. The molecular formula is C15H24Cl2N4O2. The predicted octanol–water partition coefficient (Wildman–Crippen LogP) is 1.01. The molecule has 23 heavy (non-hydrogen) atoms. The van der Waals surface area contributed by atoms with Gasteiger partial charge in [-0.2, -0.15) is 0 Å². The van der Waals surface area contributed by atoms with Crippen LogP contribution in [0.15, 0.2) is 24.3 Å². The van der Waals surface area contributed by atoms with Gasteiger partial charge in [-0.25, -0.2) is 0 Å². The van der Waals surface area contributed by atoms with E-state index in [-0.39, 0.29) is 36.6 Å². The van der Waals surface area contributed by atoms with Gasteiger partial charge in [0.2, 0.25) is 5.91 Å². The molecule has 1 saturated heterocycles. The molecule has 1 heterocycles. The molecule has 0 aliphatic carbocycles. The highest BCUT2D eigenvalue weighted by Crippen LogP contribution is 2.09. The number of piperazine rings is 1. The quantitative estimate of drug-likeness (QED) is 0.783. The van der Waals surface area contributed by atoms with Crippen LogP contribution in [0.25, 0.3) is 0 Å². The molecule has 3 N–H and O–H groups in total. The van der Waals surface area contributed by atoms with Gasteiger partial charge in [0.1, 0.15) is 0 Å². The number of amides is 2. The zero-order valence-corrected chi connectivity index (χ0v) is 14.8. The molecule has 8 heteroatoms. The standard InChI is InChI=1S/C15H22N4O2.2ClH/c1-18-8-10-19(11-9-18)14(20)6-7-17-15(21)12-4-2-3-5-13(12)16;;/h2-5H,6-11,16H2,1H3,(H,17,21);2*1H. The van der Waals surface area contributed by atoms with E-state index in [4.69, 9.17) is 5.73 Å². The Kier molecular flexibility index (Phi) is 9.64. The van der Waals surface area contributed by atoms with Crippen molar-refractivity contribution >= 4 is 42.3 Å². The summed E-state index contributed by atoms with van der Waals surface area (Å²) in [7, 11) is 2.05. The first-order valence-corrected chi connectivity index (χ1v) is 7.17. The van der Waals surface area contributed by atoms with Crippen LogP contribution in [0.2, 0.25) is 0 Å². The van der Waals surface area contributed by atoms with Crippen molar-refractivity contribution in [3.05, 3.63) is 29.8 Å². The van der Waals surface area contributed by atoms with Crippen LogP contribution in [0.3, 0.4) is 0 Å². The first kappa shape index (κ1) is 21.5. The van der Waals surface area contributed by atoms with Gasteiger partial charge >= 0.3 is 0 Å². The number of benzene rings is 1. The van der Waals surface area contributed by atoms with Crippen molar-refractivity contribution in [2.24, 2.45) is 0 Å². The van der Waals surface area contributed by atoms with E-state index in [1.807, 2.05) is 11.9 Å². The lowest BCUT2D eigenvalue weighted by molar-refractivity contribution is -0.132. The topological polar surface area (TPSA) is 78.7 Å². The first-order chi connectivity index (χ1) is 10.1. The van der Waals surface area contributed by atoms with Crippen LogP contribution in [0.4, 0.5) is 5.69 Å². The third kappa shape index (κ3) is 6.25. The van der Waals surface area contributed by atoms with E-state index in [9.17, 15) is 9.59 Å². The van der Waals surface area contributed by atoms with Crippen molar-refractivity contribution in [1.29, 1.82) is 0 Å². The molecule has 0 atom stereocenters. The van der Waals surface area contributed by atoms with Crippen LogP contribution in [-0.2, 0) is 4.79 Å². The molecule has 0 unspecified atom stereocenters. The number of hydrogen-bond donors (Lipinski definition) is 2. The van der Waals surface area contributed by atoms with Crippen LogP contribution >= 0.6 is 24.8 Å². The normalized spacial score (nSPS) is 14.4. The number of carbonyl (C=O) groups excluding carboxylic acids is 2. The van der Waals surface area contributed by atoms with Gasteiger partial charge in [0.25, 0.3) is 5.91 Å². The van der Waals surface area contributed by atoms with E-state index in [2.05, 4.69) is 10.2 Å². The minimum atomic E-state index is -0.237. The number of para-hydroxylation sites is 1. The Morgan fingerprint density at radius 1 is 1.13 bits per heavy atom. The minimum absolute atomic E-state index is 0. The Balaban J connectivity index is 0.00000242. The van der Waals surface area contributed by atoms with E-state index >= 15 is 0 Å². The molecule has 1 fully saturated rings. The lowest BCUT2D eigenvalue weighted by Gasteiger charge is -2.32. The third-order valence-electron chi connectivity index (χ3n) is 3.69. The van der Waals surface area contributed by atoms with Gasteiger partial charge in [-0.15, -0.1) is 24.8 Å². The number of nitrogen functional groups attached to an aromatic ring is 1. The summed E-state index contributed by atoms with van der Waals surface area (Å²) in [6.07, 6.45) is 0.322. The second-order valence-electron chi connectivity index (χ2n) is 5.28. The average molecular weight is 363 g/mol. The minimum Gasteiger partial charge on any atom is -0.398 e. The molecule has 1 aromatic carbocycles. The molecule has 0 saturated carbocycles. The van der Waals surface area contributed by atoms with Crippen molar-refractivity contribution < 1.29 is 9.59 Å². The monoisotopic (exact) mass is 362 g/mol. The summed E-state index contributed by atoms with van der Waals surface area (Å²) in [5, 5.41) is 2.74. The number of halogens is 2. The zero-order valence-electron chi connectivity index (χ0n) is 13.2. The van der Waals surface area contributed by atoms with E-state index in [0.29, 0.717) is 24.2 Å². The van der Waals surface area contributed by atoms with Crippen LogP contribution < -0.4 is 11.1 Å². The first-order valence-electron chi connectivity index (χ1n) is 7.17. The van der Waals surface area contributed by atoms with E-state index in [1.165, 1.54) is 0 Å². The largest absolute Gasteiger partial charge is 0.398 e. The van der Waals surface area contributed by atoms with E-state index in [0.717, 1.165) is 26.2 Å². The molecule has 0 radical (unpaired) electrons. The Bertz CT molecular complexity index is 520. The number of likely N-dealkylation sites (N-methyl/N-ethyl adjacent to an activating group) is 1. The summed E-state index contributed by atoms with van der Waals surface area (Å²) >= 11 is 0. The molecular weight excluding hydrogens is 339 g/mol. The van der Waals surface area contributed by atoms with Gasteiger partial charge in [0.15, 0.2) is 0 Å². The van der Waals surface area contributed by atoms with Crippen molar-refractivity contribution in [2.45, 2.75) is 6.42 Å². The number of anilines is 1. The Morgan fingerprint density at radius 3 is 2.35 bits per heavy atom. The summed E-state index contributed by atoms with van der Waals surface area (Å²) in [5.41, 5.74) is 6.64. The lowest BCUT2D eigenvalue weighted by Crippen LogP contribution is -2.47. The zero-order chi connectivity index (χ0) is 15.2. The van der Waals surface area contributed by atoms with Gasteiger partial charge < -0.3 is 20.9 Å². The van der Waals surface area contributed by atoms with Gasteiger partial charge in [-0.05, 0) is 19.2 Å². The summed E-state index contributed by atoms with van der Waals surface area (Å²) in [6, 6.07) is 6.90. The Morgan fingerprint density at radius 2 is 1.74 bits per heavy atom. The summed E-state index contributed by atoms with van der Waals surface area (Å²) in [6.45, 7) is 3.65. The fourth-order valence-corrected chi connectivity index (χ4v) is 2.30. The number of carbonyl (C=O) groups is 2. The highest BCUT2D eigenvalue weighted by molar-refractivity contribution is 5.99. The van der Waals surface area contributed by atoms with Crippen molar-refractivity contribution in [3.8, 4) is 0 Å². The van der Waals surface area contributed by atoms with Gasteiger partial charge in [-0.3, -0.25) is 9.59 Å². The summed E-state index contributed by atoms with van der Waals surface area (Å²) in [5.74, 6) is -0.149. The van der Waals surface area contributed by atoms with Crippen LogP contribution in [0.1, 0.15) is 16.8 Å². The second kappa shape index (κ2) is 10.3. The van der Waals surface area contributed by atoms with Crippen LogP contribution in [0.5, 0.6) is 0 Å². The van der Waals surface area contributed by atoms with Crippen LogP contribution in [0, 0.1) is 0 Å². The number of nitrogens with one attached hydrogen (secondary N) is 1. The molecule has 1 aromatic rings. The van der Waals surface area contributed by atoms with Gasteiger partial charge in [0, 0.05) is 44.8 Å². The molecule has 2 amide bonds. The third-order valence-corrected chi connectivity index (χ3v) is 3.69. The average Bonchev–Trinajstić information content (AvgIpc) is 2.48. The van der Waals surface area contributed by atoms with Crippen molar-refractivity contribution in [1.82, 2.24) is 15.1 Å². The molecule has 0 bridgehead atoms. The van der Waals surface area contributed by atoms with Crippen molar-refractivity contribution in [2.75, 3.05) is 45.5 Å². The fraction of sp³-hybridized carbons (Fsp3) is 0.467. The lowest BCUT2D eigenvalue weighted by atomic mass is 10.1. The molecule has 0 spiro atoms. The fourth-order valence-electron chi connectivity index (χ4n) is 2.30. The smallest absolute Gasteiger partial charge is 0.253 e. The van der Waals surface area contributed by atoms with Crippen molar-refractivity contribution in [3.63, 3.8) is 0 Å². The molecule has 130 valence electrons. The predicted molar refractivity (Wildman–Crippen MR) is 96.4 cm³/mol. The second-order valence-corrected chi connectivity index (χ2v) is 5.28. The number of rotatable bonds is 4. The summed E-state index contributed by atoms with van der Waals surface area (Å²) < 4.78 is 0. The van der Waals surface area contributed by atoms with Gasteiger partial charge in [0.05, 0.1) is 5.56 Å². The Labute approximate surface area is 149 Å². The highest BCUT2D eigenvalue weighted by atomic mass is 35.5. The maximum atomic E-state index is 12.0. The van der Waals surface area contributed by atoms with E-state index in [1.54, 1.807) is 24.3 Å². The molecule has 6 nitrogen and oxygen atoms in total. The molecule has 1 aliphatic heterocycles. The Hall–Kier alpha value is -1.50. The number of nitrogens with zero attached hydrogens (tertiary/aromatic N) is 2. The number of hydrogen-bond acceptors (Lipinski definition) is 4. The molecule has 1 aliphatic rings. The van der Waals surface area contributed by atoms with Crippen LogP contribution in [-0.4, -0.2) is 61.4 Å². The maximum absolute atomic E-state index is 12.0. The molecule has 0 aromatic heterocycles. The maximum Gasteiger partial charge on any atom is 0.253 e. The van der Waals surface area contributed by atoms with Gasteiger partial charge in [-0.1, -0.05) is 12.1 Å². The highest BCUT2D eigenvalue weighted by Gasteiger charge is 2.18. The summed E-state index contributed by atoms with van der Waals surface area (Å²) in [4.78, 5) is 28.0. The SMILES string of the molecule is CN1CCN(C(=O)CCNC(=O)c2ccccc2N)CC1.Cl.Cl.